The molecule has 0 aliphatic rings. The van der Waals surface area contributed by atoms with Crippen molar-refractivity contribution < 1.29 is 0 Å². The Hall–Kier alpha value is 2.01. The van der Waals surface area contributed by atoms with Crippen LogP contribution in [-0.2, 0) is 0 Å². The zero-order chi connectivity index (χ0) is 14.3. The van der Waals surface area contributed by atoms with Crippen LogP contribution in [0.1, 0.15) is 0 Å². The molecule has 0 fully saturated rings. The van der Waals surface area contributed by atoms with Gasteiger partial charge in [0.15, 0.2) is 0 Å². The molecule has 0 radical (unpaired) electrons. The Bertz CT molecular complexity index is 163. The molecule has 21 heavy (non-hydrogen) atoms. The number of hydrogen-bond acceptors (Lipinski definition) is 3. The van der Waals surface area contributed by atoms with Crippen LogP contribution in [0.5, 0.6) is 0 Å². The average molecular weight is 443 g/mol. The van der Waals surface area contributed by atoms with Crippen molar-refractivity contribution in [2.75, 3.05) is 74.3 Å². The second kappa shape index (κ2) is 22.0. The maximum atomic E-state index is 5.76. The van der Waals surface area contributed by atoms with Gasteiger partial charge in [0.2, 0.25) is 0 Å². The fourth-order valence-electron chi connectivity index (χ4n) is 1.64. The van der Waals surface area contributed by atoms with Crippen molar-refractivity contribution in [3.05, 3.63) is 0 Å². The molecule has 2 nitrogen and oxygen atoms in total. The standard InChI is InChI=1S/C12H24Cl4N2S.2ClH/c13-1-5-17(6-2-14)9-11-19-12-10-18(7-3-15)8-4-16;;/h1-12H2;2*1H. The quantitative estimate of drug-likeness (QED) is 0.295. The SMILES string of the molecule is Cl.Cl.ClCCN(CCCl)CCSCCN(CCCl)CCCl. The molecule has 0 bridgehead atoms. The molecule has 0 unspecified atom stereocenters. The molecular weight excluding hydrogens is 417 g/mol. The fourth-order valence-corrected chi connectivity index (χ4v) is 3.57. The summed E-state index contributed by atoms with van der Waals surface area (Å²) in [6.45, 7) is 5.77. The fraction of sp³-hybridized carbons (Fsp3) is 1.00. The van der Waals surface area contributed by atoms with Gasteiger partial charge in [0.25, 0.3) is 0 Å². The molecule has 0 rings (SSSR count). The van der Waals surface area contributed by atoms with Crippen molar-refractivity contribution in [3.8, 4) is 0 Å². The van der Waals surface area contributed by atoms with Crippen LogP contribution in [0.4, 0.5) is 0 Å². The third kappa shape index (κ3) is 18.2. The number of hydrogen-bond donors (Lipinski definition) is 0. The maximum absolute atomic E-state index is 5.76. The highest BCUT2D eigenvalue weighted by molar-refractivity contribution is 7.99. The van der Waals surface area contributed by atoms with Gasteiger partial charge in [-0.05, 0) is 0 Å². The van der Waals surface area contributed by atoms with Crippen molar-refractivity contribution in [2.24, 2.45) is 0 Å². The summed E-state index contributed by atoms with van der Waals surface area (Å²) >= 11 is 25.0. The summed E-state index contributed by atoms with van der Waals surface area (Å²) in [7, 11) is 0. The summed E-state index contributed by atoms with van der Waals surface area (Å²) in [6, 6.07) is 0. The third-order valence-electron chi connectivity index (χ3n) is 2.71. The maximum Gasteiger partial charge on any atom is 0.0351 e. The Morgan fingerprint density at radius 2 is 0.810 bits per heavy atom. The molecule has 9 heteroatoms. The van der Waals surface area contributed by atoms with E-state index in [2.05, 4.69) is 9.80 Å². The van der Waals surface area contributed by atoms with Gasteiger partial charge in [0.1, 0.15) is 0 Å². The van der Waals surface area contributed by atoms with E-state index in [-0.39, 0.29) is 24.8 Å². The first-order chi connectivity index (χ1) is 9.28. The van der Waals surface area contributed by atoms with Gasteiger partial charge in [-0.25, -0.2) is 0 Å². The predicted octanol–water partition coefficient (Wildman–Crippen LogP) is 4.12. The summed E-state index contributed by atoms with van der Waals surface area (Å²) < 4.78 is 0. The van der Waals surface area contributed by atoms with Crippen LogP contribution >= 0.6 is 83.0 Å². The van der Waals surface area contributed by atoms with Crippen molar-refractivity contribution in [1.29, 1.82) is 0 Å². The molecule has 0 aliphatic heterocycles. The lowest BCUT2D eigenvalue weighted by Gasteiger charge is -2.21. The summed E-state index contributed by atoms with van der Waals surface area (Å²) in [5, 5.41) is 0. The number of alkyl halides is 4. The normalized spacial score (nSPS) is 10.6. The minimum Gasteiger partial charge on any atom is -0.300 e. The first-order valence-electron chi connectivity index (χ1n) is 6.54. The minimum absolute atomic E-state index is 0. The largest absolute Gasteiger partial charge is 0.300 e. The van der Waals surface area contributed by atoms with Crippen LogP contribution in [0.3, 0.4) is 0 Å². The molecular formula is C12H26Cl6N2S. The van der Waals surface area contributed by atoms with Crippen LogP contribution in [0, 0.1) is 0 Å². The molecule has 0 aromatic heterocycles. The van der Waals surface area contributed by atoms with Crippen LogP contribution in [0.15, 0.2) is 0 Å². The molecule has 0 aromatic rings. The summed E-state index contributed by atoms with van der Waals surface area (Å²) in [5.74, 6) is 4.90. The molecule has 0 N–H and O–H groups in total. The van der Waals surface area contributed by atoms with E-state index in [0.29, 0.717) is 23.5 Å². The van der Waals surface area contributed by atoms with E-state index in [1.165, 1.54) is 0 Å². The van der Waals surface area contributed by atoms with Gasteiger partial charge in [0, 0.05) is 74.3 Å². The van der Waals surface area contributed by atoms with Gasteiger partial charge in [-0.15, -0.1) is 71.2 Å². The highest BCUT2D eigenvalue weighted by Crippen LogP contribution is 2.04. The monoisotopic (exact) mass is 440 g/mol. The van der Waals surface area contributed by atoms with Gasteiger partial charge in [-0.2, -0.15) is 11.8 Å². The molecule has 0 atom stereocenters. The van der Waals surface area contributed by atoms with E-state index in [0.717, 1.165) is 50.8 Å². The van der Waals surface area contributed by atoms with E-state index < -0.39 is 0 Å². The van der Waals surface area contributed by atoms with E-state index in [1.807, 2.05) is 11.8 Å². The molecule has 0 aliphatic carbocycles. The Morgan fingerprint density at radius 3 is 1.05 bits per heavy atom. The Labute approximate surface area is 166 Å². The molecule has 0 saturated carbocycles. The van der Waals surface area contributed by atoms with E-state index >= 15 is 0 Å². The van der Waals surface area contributed by atoms with Gasteiger partial charge in [-0.3, -0.25) is 0 Å². The smallest absolute Gasteiger partial charge is 0.0351 e. The number of thioether (sulfide) groups is 1. The summed E-state index contributed by atoms with van der Waals surface area (Å²) in [6.07, 6.45) is 0. The zero-order valence-electron chi connectivity index (χ0n) is 12.1. The number of rotatable bonds is 14. The summed E-state index contributed by atoms with van der Waals surface area (Å²) in [5.41, 5.74) is 0. The molecule has 132 valence electrons. The van der Waals surface area contributed by atoms with Crippen molar-refractivity contribution >= 4 is 83.0 Å². The van der Waals surface area contributed by atoms with E-state index in [1.54, 1.807) is 0 Å². The Balaban J connectivity index is -0.00000162. The van der Waals surface area contributed by atoms with Gasteiger partial charge < -0.3 is 9.80 Å². The van der Waals surface area contributed by atoms with Crippen molar-refractivity contribution in [2.45, 2.75) is 0 Å². The molecule has 0 saturated heterocycles. The van der Waals surface area contributed by atoms with Gasteiger partial charge in [0.05, 0.1) is 0 Å². The molecule has 0 spiro atoms. The van der Waals surface area contributed by atoms with Crippen LogP contribution in [0.25, 0.3) is 0 Å². The van der Waals surface area contributed by atoms with Crippen LogP contribution in [0.2, 0.25) is 0 Å². The first kappa shape index (κ1) is 27.8. The van der Waals surface area contributed by atoms with Gasteiger partial charge >= 0.3 is 0 Å². The molecule has 0 heterocycles. The topological polar surface area (TPSA) is 6.48 Å². The number of halogens is 6. The number of nitrogens with zero attached hydrogens (tertiary/aromatic N) is 2. The first-order valence-corrected chi connectivity index (χ1v) is 9.84. The van der Waals surface area contributed by atoms with Gasteiger partial charge in [-0.1, -0.05) is 0 Å². The van der Waals surface area contributed by atoms with Crippen LogP contribution in [-0.4, -0.2) is 84.1 Å². The minimum atomic E-state index is 0. The lowest BCUT2D eigenvalue weighted by Crippen LogP contribution is -2.31. The zero-order valence-corrected chi connectivity index (χ0v) is 17.6. The summed E-state index contributed by atoms with van der Waals surface area (Å²) in [4.78, 5) is 4.62. The lowest BCUT2D eigenvalue weighted by molar-refractivity contribution is 0.324. The Kier molecular flexibility index (Phi) is 29.2. The molecule has 0 aromatic carbocycles. The molecule has 0 amide bonds. The highest BCUT2D eigenvalue weighted by Gasteiger charge is 2.05. The van der Waals surface area contributed by atoms with Crippen molar-refractivity contribution in [3.63, 3.8) is 0 Å². The van der Waals surface area contributed by atoms with Crippen LogP contribution < -0.4 is 0 Å². The van der Waals surface area contributed by atoms with E-state index in [9.17, 15) is 0 Å². The average Bonchev–Trinajstić information content (AvgIpc) is 2.39. The van der Waals surface area contributed by atoms with Crippen molar-refractivity contribution in [1.82, 2.24) is 9.80 Å². The highest BCUT2D eigenvalue weighted by atomic mass is 35.5. The Morgan fingerprint density at radius 1 is 0.524 bits per heavy atom. The lowest BCUT2D eigenvalue weighted by atomic mass is 10.5. The third-order valence-corrected chi connectivity index (χ3v) is 4.33. The predicted molar refractivity (Wildman–Crippen MR) is 108 cm³/mol. The second-order valence-corrected chi connectivity index (χ2v) is 6.79. The second-order valence-electron chi connectivity index (χ2n) is 4.05. The van der Waals surface area contributed by atoms with E-state index in [4.69, 9.17) is 46.4 Å².